The summed E-state index contributed by atoms with van der Waals surface area (Å²) in [5.74, 6) is 3.76. The topological polar surface area (TPSA) is 60.0 Å². The number of rotatable bonds is 2. The van der Waals surface area contributed by atoms with Crippen molar-refractivity contribution in [2.75, 3.05) is 0 Å². The largest absolute Gasteiger partial charge is 0.361 e. The van der Waals surface area contributed by atoms with Gasteiger partial charge in [-0.25, -0.2) is 4.42 Å². The molecule has 1 aliphatic carbocycles. The van der Waals surface area contributed by atoms with Gasteiger partial charge in [0.25, 0.3) is 0 Å². The Labute approximate surface area is 175 Å². The number of halogens is 2. The maximum Gasteiger partial charge on any atom is 0.153 e. The summed E-state index contributed by atoms with van der Waals surface area (Å²) in [4.78, 5) is 0. The first-order chi connectivity index (χ1) is 13.2. The van der Waals surface area contributed by atoms with Gasteiger partial charge in [-0.2, -0.15) is 0 Å². The Morgan fingerprint density at radius 3 is 2.54 bits per heavy atom. The normalized spacial score (nSPS) is 22.1. The lowest BCUT2D eigenvalue weighted by molar-refractivity contribution is 0.347. The molecule has 1 aromatic carbocycles. The summed E-state index contributed by atoms with van der Waals surface area (Å²) >= 11 is 6.40. The molecule has 28 heavy (non-hydrogen) atoms. The van der Waals surface area contributed by atoms with Crippen LogP contribution in [-0.4, -0.2) is 24.3 Å². The summed E-state index contributed by atoms with van der Waals surface area (Å²) in [6.45, 7) is 3.25. The standard InChI is InChI=1S/C20H22ClN5O.ClH/c1-13-10-17(24-27-13)14-6-8-15(9-7-14)20-23-22-19-12-25(21)11-16-4-2-3-5-18(16)26(19)20;/h2-5,10,14-15H,6-9,11-12H2,1H3;1H. The molecule has 6 nitrogen and oxygen atoms in total. The van der Waals surface area contributed by atoms with E-state index in [0.29, 0.717) is 24.9 Å². The summed E-state index contributed by atoms with van der Waals surface area (Å²) < 4.78 is 9.28. The second-order valence-corrected chi connectivity index (χ2v) is 8.11. The van der Waals surface area contributed by atoms with Crippen LogP contribution in [0.5, 0.6) is 0 Å². The summed E-state index contributed by atoms with van der Waals surface area (Å²) in [6, 6.07) is 10.5. The van der Waals surface area contributed by atoms with Gasteiger partial charge in [-0.3, -0.25) is 4.57 Å². The Morgan fingerprint density at radius 1 is 1.04 bits per heavy atom. The summed E-state index contributed by atoms with van der Waals surface area (Å²) in [6.07, 6.45) is 4.37. The first-order valence-electron chi connectivity index (χ1n) is 9.55. The van der Waals surface area contributed by atoms with Gasteiger partial charge in [-0.15, -0.1) is 22.6 Å². The van der Waals surface area contributed by atoms with E-state index in [4.69, 9.17) is 16.3 Å². The van der Waals surface area contributed by atoms with Crippen molar-refractivity contribution >= 4 is 24.2 Å². The van der Waals surface area contributed by atoms with Crippen LogP contribution in [0.4, 0.5) is 0 Å². The van der Waals surface area contributed by atoms with Gasteiger partial charge in [0.1, 0.15) is 11.6 Å². The third-order valence-electron chi connectivity index (χ3n) is 5.80. The van der Waals surface area contributed by atoms with Gasteiger partial charge >= 0.3 is 0 Å². The Hall–Kier alpha value is -1.89. The lowest BCUT2D eigenvalue weighted by Gasteiger charge is -2.27. The highest BCUT2D eigenvalue weighted by Crippen LogP contribution is 2.41. The number of fused-ring (bicyclic) bond motifs is 3. The Kier molecular flexibility index (Phi) is 5.45. The third kappa shape index (κ3) is 3.45. The predicted octanol–water partition coefficient (Wildman–Crippen LogP) is 4.90. The number of nitrogens with zero attached hydrogens (tertiary/aromatic N) is 5. The smallest absolute Gasteiger partial charge is 0.153 e. The molecular formula is C20H23Cl2N5O. The number of benzene rings is 1. The summed E-state index contributed by atoms with van der Waals surface area (Å²) in [5, 5.41) is 13.3. The molecule has 1 fully saturated rings. The average molecular weight is 420 g/mol. The zero-order valence-corrected chi connectivity index (χ0v) is 17.3. The third-order valence-corrected chi connectivity index (χ3v) is 6.04. The minimum Gasteiger partial charge on any atom is -0.361 e. The minimum atomic E-state index is 0. The van der Waals surface area contributed by atoms with E-state index in [1.807, 2.05) is 6.92 Å². The molecule has 0 bridgehead atoms. The van der Waals surface area contributed by atoms with E-state index in [2.05, 4.69) is 50.3 Å². The second-order valence-electron chi connectivity index (χ2n) is 7.63. The molecule has 0 atom stereocenters. The van der Waals surface area contributed by atoms with Crippen molar-refractivity contribution in [1.29, 1.82) is 0 Å². The van der Waals surface area contributed by atoms with Crippen molar-refractivity contribution in [3.8, 4) is 5.69 Å². The van der Waals surface area contributed by atoms with E-state index in [9.17, 15) is 0 Å². The van der Waals surface area contributed by atoms with Crippen LogP contribution in [-0.2, 0) is 13.1 Å². The van der Waals surface area contributed by atoms with Crippen molar-refractivity contribution in [2.45, 2.75) is 57.5 Å². The summed E-state index contributed by atoms with van der Waals surface area (Å²) in [7, 11) is 0. The molecule has 2 aliphatic rings. The summed E-state index contributed by atoms with van der Waals surface area (Å²) in [5.41, 5.74) is 3.46. The highest BCUT2D eigenvalue weighted by Gasteiger charge is 2.31. The number of aryl methyl sites for hydroxylation is 1. The molecule has 5 rings (SSSR count). The predicted molar refractivity (Wildman–Crippen MR) is 109 cm³/mol. The fraction of sp³-hybridized carbons (Fsp3) is 0.450. The van der Waals surface area contributed by atoms with Crippen molar-refractivity contribution in [3.05, 3.63) is 59.0 Å². The fourth-order valence-electron chi connectivity index (χ4n) is 4.44. The number of hydrogen-bond donors (Lipinski definition) is 0. The van der Waals surface area contributed by atoms with Gasteiger partial charge in [0.2, 0.25) is 0 Å². The number of para-hydroxylation sites is 1. The molecular weight excluding hydrogens is 397 g/mol. The fourth-order valence-corrected chi connectivity index (χ4v) is 4.68. The molecule has 3 aromatic rings. The van der Waals surface area contributed by atoms with E-state index < -0.39 is 0 Å². The Balaban J connectivity index is 0.00000192. The van der Waals surface area contributed by atoms with Gasteiger partial charge in [0.15, 0.2) is 5.82 Å². The molecule has 0 spiro atoms. The monoisotopic (exact) mass is 419 g/mol. The first kappa shape index (κ1) is 19.4. The minimum absolute atomic E-state index is 0. The van der Waals surface area contributed by atoms with Gasteiger partial charge in [0, 0.05) is 24.4 Å². The maximum atomic E-state index is 6.40. The van der Waals surface area contributed by atoms with E-state index >= 15 is 0 Å². The molecule has 148 valence electrons. The first-order valence-corrected chi connectivity index (χ1v) is 9.89. The highest BCUT2D eigenvalue weighted by atomic mass is 35.5. The van der Waals surface area contributed by atoms with Crippen LogP contribution in [0.1, 0.15) is 66.2 Å². The zero-order chi connectivity index (χ0) is 18.4. The van der Waals surface area contributed by atoms with E-state index in [-0.39, 0.29) is 12.4 Å². The van der Waals surface area contributed by atoms with Crippen LogP contribution in [0, 0.1) is 6.92 Å². The van der Waals surface area contributed by atoms with Crippen LogP contribution in [0.3, 0.4) is 0 Å². The number of hydrogen-bond acceptors (Lipinski definition) is 5. The lowest BCUT2D eigenvalue weighted by Crippen LogP contribution is -2.17. The van der Waals surface area contributed by atoms with Crippen LogP contribution in [0.2, 0.25) is 0 Å². The molecule has 1 saturated carbocycles. The van der Waals surface area contributed by atoms with Crippen molar-refractivity contribution < 1.29 is 4.52 Å². The molecule has 2 aromatic heterocycles. The molecule has 0 amide bonds. The highest BCUT2D eigenvalue weighted by molar-refractivity contribution is 6.13. The second kappa shape index (κ2) is 7.85. The van der Waals surface area contributed by atoms with Gasteiger partial charge in [0.05, 0.1) is 17.9 Å². The Morgan fingerprint density at radius 2 is 1.79 bits per heavy atom. The molecule has 0 unspecified atom stereocenters. The van der Waals surface area contributed by atoms with E-state index in [0.717, 1.165) is 54.5 Å². The van der Waals surface area contributed by atoms with Gasteiger partial charge < -0.3 is 4.52 Å². The molecule has 0 N–H and O–H groups in total. The SMILES string of the molecule is Cc1cc(C2CCC(c3nnc4n3-c3ccccc3CN(Cl)C4)CC2)no1.Cl. The van der Waals surface area contributed by atoms with Crippen LogP contribution in [0.25, 0.3) is 5.69 Å². The molecule has 8 heteroatoms. The molecule has 1 aliphatic heterocycles. The zero-order valence-electron chi connectivity index (χ0n) is 15.7. The molecule has 0 radical (unpaired) electrons. The average Bonchev–Trinajstić information content (AvgIpc) is 3.25. The van der Waals surface area contributed by atoms with Crippen LogP contribution < -0.4 is 0 Å². The van der Waals surface area contributed by atoms with Gasteiger partial charge in [-0.05, 0) is 56.0 Å². The van der Waals surface area contributed by atoms with Crippen LogP contribution >= 0.6 is 24.2 Å². The van der Waals surface area contributed by atoms with Crippen molar-refractivity contribution in [3.63, 3.8) is 0 Å². The van der Waals surface area contributed by atoms with Crippen molar-refractivity contribution in [2.24, 2.45) is 0 Å². The van der Waals surface area contributed by atoms with E-state index in [1.54, 1.807) is 4.42 Å². The van der Waals surface area contributed by atoms with Gasteiger partial charge in [-0.1, -0.05) is 23.4 Å². The molecule has 0 saturated heterocycles. The number of aromatic nitrogens is 4. The molecule has 3 heterocycles. The van der Waals surface area contributed by atoms with Crippen LogP contribution in [0.15, 0.2) is 34.9 Å². The Bertz CT molecular complexity index is 961. The van der Waals surface area contributed by atoms with E-state index in [1.165, 1.54) is 5.56 Å². The lowest BCUT2D eigenvalue weighted by atomic mass is 9.80. The van der Waals surface area contributed by atoms with Crippen molar-refractivity contribution in [1.82, 2.24) is 24.3 Å². The maximum absolute atomic E-state index is 6.40. The quantitative estimate of drug-likeness (QED) is 0.552.